The second-order valence-corrected chi connectivity index (χ2v) is 5.75. The molecule has 0 aliphatic carbocycles. The maximum atomic E-state index is 12.7. The number of methoxy groups -OCH3 is 1. The van der Waals surface area contributed by atoms with Crippen molar-refractivity contribution in [3.05, 3.63) is 0 Å². The highest BCUT2D eigenvalue weighted by molar-refractivity contribution is 5.87. The maximum absolute atomic E-state index is 12.7. The van der Waals surface area contributed by atoms with Gasteiger partial charge in [0.2, 0.25) is 0 Å². The van der Waals surface area contributed by atoms with Crippen LogP contribution in [0.25, 0.3) is 0 Å². The van der Waals surface area contributed by atoms with E-state index in [0.717, 1.165) is 12.8 Å². The van der Waals surface area contributed by atoms with Crippen LogP contribution in [0.2, 0.25) is 0 Å². The average Bonchev–Trinajstić information content (AvgIpc) is 2.87. The number of carboxylic acids is 1. The number of aliphatic carboxylic acids is 1. The van der Waals surface area contributed by atoms with Crippen LogP contribution in [0, 0.1) is 5.92 Å². The minimum absolute atomic E-state index is 0.0761. The van der Waals surface area contributed by atoms with Crippen LogP contribution < -0.4 is 0 Å². The summed E-state index contributed by atoms with van der Waals surface area (Å²) in [7, 11) is 1.30. The highest BCUT2D eigenvalue weighted by Crippen LogP contribution is 2.28. The predicted octanol–water partition coefficient (Wildman–Crippen LogP) is 0.929. The number of hydrogen-bond acceptors (Lipinski definition) is 4. The van der Waals surface area contributed by atoms with E-state index in [4.69, 9.17) is 4.74 Å². The van der Waals surface area contributed by atoms with E-state index in [9.17, 15) is 19.5 Å². The van der Waals surface area contributed by atoms with E-state index in [2.05, 4.69) is 0 Å². The molecule has 1 N–H and O–H groups in total. The second kappa shape index (κ2) is 6.32. The Hall–Kier alpha value is -1.79. The quantitative estimate of drug-likeness (QED) is 0.766. The number of carbonyl (C=O) groups is 3. The zero-order chi connectivity index (χ0) is 15.6. The third-order valence-electron chi connectivity index (χ3n) is 4.42. The fraction of sp³-hybridized carbons (Fsp3) is 0.786. The summed E-state index contributed by atoms with van der Waals surface area (Å²) in [6, 6.07) is -1.76. The van der Waals surface area contributed by atoms with Crippen LogP contribution in [0.1, 0.15) is 32.6 Å². The van der Waals surface area contributed by atoms with Crippen molar-refractivity contribution in [1.82, 2.24) is 9.80 Å². The van der Waals surface area contributed by atoms with E-state index in [-0.39, 0.29) is 11.9 Å². The van der Waals surface area contributed by atoms with Crippen LogP contribution in [0.5, 0.6) is 0 Å². The lowest BCUT2D eigenvalue weighted by atomic mass is 10.0. The van der Waals surface area contributed by atoms with Gasteiger partial charge in [0.25, 0.3) is 0 Å². The molecule has 21 heavy (non-hydrogen) atoms. The Kier molecular flexibility index (Phi) is 4.69. The number of nitrogens with zero attached hydrogens (tertiary/aromatic N) is 2. The molecule has 2 amide bonds. The van der Waals surface area contributed by atoms with Gasteiger partial charge < -0.3 is 19.6 Å². The fourth-order valence-electron chi connectivity index (χ4n) is 3.24. The molecule has 3 atom stereocenters. The molecule has 2 saturated heterocycles. The van der Waals surface area contributed by atoms with E-state index < -0.39 is 24.0 Å². The highest BCUT2D eigenvalue weighted by atomic mass is 16.5. The predicted molar refractivity (Wildman–Crippen MR) is 73.7 cm³/mol. The van der Waals surface area contributed by atoms with E-state index in [1.165, 1.54) is 16.9 Å². The van der Waals surface area contributed by atoms with Gasteiger partial charge in [0, 0.05) is 13.1 Å². The Balaban J connectivity index is 2.17. The normalized spacial score (nSPS) is 29.3. The number of carbonyl (C=O) groups excluding carboxylic acids is 2. The lowest BCUT2D eigenvalue weighted by Gasteiger charge is -2.37. The van der Waals surface area contributed by atoms with Gasteiger partial charge in [0.15, 0.2) is 0 Å². The third kappa shape index (κ3) is 2.96. The highest BCUT2D eigenvalue weighted by Gasteiger charge is 2.43. The molecule has 2 fully saturated rings. The minimum Gasteiger partial charge on any atom is -0.480 e. The Labute approximate surface area is 123 Å². The molecule has 3 unspecified atom stereocenters. The van der Waals surface area contributed by atoms with Crippen molar-refractivity contribution in [3.63, 3.8) is 0 Å². The molecule has 0 saturated carbocycles. The van der Waals surface area contributed by atoms with Gasteiger partial charge in [-0.2, -0.15) is 0 Å². The molecular weight excluding hydrogens is 276 g/mol. The number of piperidine rings is 1. The zero-order valence-corrected chi connectivity index (χ0v) is 12.4. The van der Waals surface area contributed by atoms with Gasteiger partial charge in [-0.15, -0.1) is 0 Å². The SMILES string of the molecule is COC(=O)C1CCCCN1C(=O)N1CCC(C)C1C(=O)O. The Morgan fingerprint density at radius 1 is 1.10 bits per heavy atom. The summed E-state index contributed by atoms with van der Waals surface area (Å²) in [6.07, 6.45) is 2.92. The van der Waals surface area contributed by atoms with Crippen LogP contribution in [-0.4, -0.2) is 65.2 Å². The van der Waals surface area contributed by atoms with Crippen molar-refractivity contribution in [2.24, 2.45) is 5.92 Å². The number of esters is 1. The van der Waals surface area contributed by atoms with Crippen molar-refractivity contribution in [2.75, 3.05) is 20.2 Å². The molecule has 2 heterocycles. The fourth-order valence-corrected chi connectivity index (χ4v) is 3.24. The van der Waals surface area contributed by atoms with Crippen molar-refractivity contribution < 1.29 is 24.2 Å². The first-order valence-corrected chi connectivity index (χ1v) is 7.35. The van der Waals surface area contributed by atoms with Crippen LogP contribution >= 0.6 is 0 Å². The summed E-state index contributed by atoms with van der Waals surface area (Å²) >= 11 is 0. The van der Waals surface area contributed by atoms with Gasteiger partial charge in [-0.05, 0) is 31.6 Å². The van der Waals surface area contributed by atoms with Crippen molar-refractivity contribution in [3.8, 4) is 0 Å². The van der Waals surface area contributed by atoms with Gasteiger partial charge in [0.1, 0.15) is 12.1 Å². The van der Waals surface area contributed by atoms with Crippen molar-refractivity contribution in [1.29, 1.82) is 0 Å². The summed E-state index contributed by atoms with van der Waals surface area (Å²) in [6.45, 7) is 2.72. The first kappa shape index (κ1) is 15.6. The number of likely N-dealkylation sites (tertiary alicyclic amines) is 2. The molecule has 0 spiro atoms. The molecule has 7 nitrogen and oxygen atoms in total. The monoisotopic (exact) mass is 298 g/mol. The van der Waals surface area contributed by atoms with E-state index in [1.54, 1.807) is 0 Å². The van der Waals surface area contributed by atoms with Gasteiger partial charge in [0.05, 0.1) is 7.11 Å². The molecule has 0 aromatic rings. The standard InChI is InChI=1S/C14H22N2O5/c1-9-6-8-16(11(9)12(17)18)14(20)15-7-4-3-5-10(15)13(19)21-2/h9-11H,3-8H2,1-2H3,(H,17,18). The van der Waals surface area contributed by atoms with Crippen LogP contribution in [0.4, 0.5) is 4.79 Å². The zero-order valence-electron chi connectivity index (χ0n) is 12.4. The molecule has 2 aliphatic heterocycles. The molecule has 0 aromatic carbocycles. The largest absolute Gasteiger partial charge is 0.480 e. The van der Waals surface area contributed by atoms with Gasteiger partial charge in [-0.25, -0.2) is 14.4 Å². The Morgan fingerprint density at radius 2 is 1.81 bits per heavy atom. The molecule has 7 heteroatoms. The van der Waals surface area contributed by atoms with Crippen LogP contribution in [0.15, 0.2) is 0 Å². The first-order chi connectivity index (χ1) is 9.97. The van der Waals surface area contributed by atoms with Gasteiger partial charge in [-0.3, -0.25) is 0 Å². The number of urea groups is 1. The molecule has 0 aromatic heterocycles. The molecular formula is C14H22N2O5. The number of amides is 2. The number of carboxylic acid groups (broad SMARTS) is 1. The lowest BCUT2D eigenvalue weighted by molar-refractivity contribution is -0.147. The maximum Gasteiger partial charge on any atom is 0.328 e. The van der Waals surface area contributed by atoms with E-state index in [0.29, 0.717) is 25.9 Å². The van der Waals surface area contributed by atoms with Crippen LogP contribution in [-0.2, 0) is 14.3 Å². The lowest BCUT2D eigenvalue weighted by Crippen LogP contribution is -2.56. The van der Waals surface area contributed by atoms with Gasteiger partial charge in [-0.1, -0.05) is 6.92 Å². The van der Waals surface area contributed by atoms with Crippen molar-refractivity contribution >= 4 is 18.0 Å². The van der Waals surface area contributed by atoms with E-state index >= 15 is 0 Å². The Morgan fingerprint density at radius 3 is 2.43 bits per heavy atom. The smallest absolute Gasteiger partial charge is 0.328 e. The van der Waals surface area contributed by atoms with Crippen LogP contribution in [0.3, 0.4) is 0 Å². The third-order valence-corrected chi connectivity index (χ3v) is 4.42. The second-order valence-electron chi connectivity index (χ2n) is 5.75. The number of ether oxygens (including phenoxy) is 1. The summed E-state index contributed by atoms with van der Waals surface area (Å²) in [5.41, 5.74) is 0. The summed E-state index contributed by atoms with van der Waals surface area (Å²) in [4.78, 5) is 38.7. The molecule has 0 radical (unpaired) electrons. The van der Waals surface area contributed by atoms with Gasteiger partial charge >= 0.3 is 18.0 Å². The topological polar surface area (TPSA) is 87.2 Å². The summed E-state index contributed by atoms with van der Waals surface area (Å²) in [5.74, 6) is -1.49. The molecule has 0 bridgehead atoms. The minimum atomic E-state index is -0.986. The first-order valence-electron chi connectivity index (χ1n) is 7.35. The Bertz CT molecular complexity index is 439. The average molecular weight is 298 g/mol. The van der Waals surface area contributed by atoms with Crippen molar-refractivity contribution in [2.45, 2.75) is 44.7 Å². The number of hydrogen-bond donors (Lipinski definition) is 1. The molecule has 2 aliphatic rings. The summed E-state index contributed by atoms with van der Waals surface area (Å²) < 4.78 is 4.76. The number of rotatable bonds is 2. The molecule has 118 valence electrons. The van der Waals surface area contributed by atoms with E-state index in [1.807, 2.05) is 6.92 Å². The summed E-state index contributed by atoms with van der Waals surface area (Å²) in [5, 5.41) is 9.32. The molecule has 2 rings (SSSR count).